The van der Waals surface area contributed by atoms with Gasteiger partial charge in [0.2, 0.25) is 16.9 Å². The fraction of sp³-hybridized carbons (Fsp3) is 0.158. The summed E-state index contributed by atoms with van der Waals surface area (Å²) in [4.78, 5) is 23.5. The van der Waals surface area contributed by atoms with Crippen molar-refractivity contribution in [1.29, 1.82) is 0 Å². The Morgan fingerprint density at radius 3 is 2.32 bits per heavy atom. The third-order valence-electron chi connectivity index (χ3n) is 3.79. The molecule has 0 saturated carbocycles. The zero-order chi connectivity index (χ0) is 20.1. The van der Waals surface area contributed by atoms with E-state index in [1.54, 1.807) is 31.2 Å². The molecule has 2 aromatic carbocycles. The van der Waals surface area contributed by atoms with Crippen molar-refractivity contribution >= 4 is 51.4 Å². The first-order chi connectivity index (χ1) is 13.4. The van der Waals surface area contributed by atoms with Crippen LogP contribution in [0.5, 0.6) is 0 Å². The number of benzene rings is 2. The topological polar surface area (TPSA) is 110 Å². The van der Waals surface area contributed by atoms with Crippen LogP contribution in [0, 0.1) is 6.92 Å². The third kappa shape index (κ3) is 5.30. The Kier molecular flexibility index (Phi) is 6.27. The highest BCUT2D eigenvalue weighted by atomic mass is 32.2. The molecule has 0 fully saturated rings. The summed E-state index contributed by atoms with van der Waals surface area (Å²) >= 11 is 2.72. The second-order valence-electron chi connectivity index (χ2n) is 6.06. The standard InChI is InChI=1S/C19H19N5O2S2/c1-11-3-7-15(8-4-11)22-18-23-24-19(28-18)27-12(2)17(26)21-14-9-5-13(6-10-14)16(20)25/h3-10,12H,1-2H3,(H2,20,25)(H,21,26)(H,22,23)/t12-/m1/s1. The van der Waals surface area contributed by atoms with E-state index in [-0.39, 0.29) is 11.2 Å². The molecule has 7 nitrogen and oxygen atoms in total. The summed E-state index contributed by atoms with van der Waals surface area (Å²) < 4.78 is 0.696. The van der Waals surface area contributed by atoms with E-state index in [1.165, 1.54) is 28.7 Å². The molecule has 1 atom stereocenters. The second-order valence-corrected chi connectivity index (χ2v) is 8.62. The van der Waals surface area contributed by atoms with E-state index in [0.29, 0.717) is 20.7 Å². The number of amides is 2. The molecule has 1 heterocycles. The number of nitrogens with one attached hydrogen (secondary N) is 2. The average molecular weight is 414 g/mol. The Balaban J connectivity index is 1.55. The van der Waals surface area contributed by atoms with Gasteiger partial charge in [-0.2, -0.15) is 0 Å². The molecule has 4 N–H and O–H groups in total. The van der Waals surface area contributed by atoms with E-state index in [2.05, 4.69) is 20.8 Å². The molecule has 9 heteroatoms. The summed E-state index contributed by atoms with van der Waals surface area (Å²) in [5.74, 6) is -0.673. The number of carbonyl (C=O) groups is 2. The highest BCUT2D eigenvalue weighted by Crippen LogP contribution is 2.31. The molecule has 0 aliphatic rings. The number of anilines is 3. The summed E-state index contributed by atoms with van der Waals surface area (Å²) in [6.07, 6.45) is 0. The minimum absolute atomic E-state index is 0.167. The SMILES string of the molecule is Cc1ccc(Nc2nnc(S[C@H](C)C(=O)Nc3ccc(C(N)=O)cc3)s2)cc1. The van der Waals surface area contributed by atoms with Gasteiger partial charge in [0.25, 0.3) is 0 Å². The largest absolute Gasteiger partial charge is 0.366 e. The number of carbonyl (C=O) groups excluding carboxylic acids is 2. The lowest BCUT2D eigenvalue weighted by atomic mass is 10.2. The van der Waals surface area contributed by atoms with Gasteiger partial charge in [0, 0.05) is 16.9 Å². The lowest BCUT2D eigenvalue weighted by Crippen LogP contribution is -2.22. The van der Waals surface area contributed by atoms with Crippen LogP contribution in [0.4, 0.5) is 16.5 Å². The molecule has 0 radical (unpaired) electrons. The van der Waals surface area contributed by atoms with E-state index in [4.69, 9.17) is 5.73 Å². The molecule has 0 aliphatic carbocycles. The van der Waals surface area contributed by atoms with Crippen LogP contribution in [0.2, 0.25) is 0 Å². The molecule has 1 aromatic heterocycles. The van der Waals surface area contributed by atoms with Gasteiger partial charge in [-0.25, -0.2) is 0 Å². The molecule has 3 aromatic rings. The van der Waals surface area contributed by atoms with Crippen LogP contribution in [0.15, 0.2) is 52.9 Å². The molecule has 0 saturated heterocycles. The number of nitrogens with zero attached hydrogens (tertiary/aromatic N) is 2. The number of aryl methyl sites for hydroxylation is 1. The van der Waals surface area contributed by atoms with Gasteiger partial charge in [0.15, 0.2) is 4.34 Å². The van der Waals surface area contributed by atoms with E-state index in [1.807, 2.05) is 31.2 Å². The van der Waals surface area contributed by atoms with Crippen LogP contribution in [-0.4, -0.2) is 27.3 Å². The van der Waals surface area contributed by atoms with E-state index >= 15 is 0 Å². The minimum Gasteiger partial charge on any atom is -0.366 e. The fourth-order valence-corrected chi connectivity index (χ4v) is 4.15. The number of rotatable bonds is 7. The Labute approximate surface area is 170 Å². The van der Waals surface area contributed by atoms with Gasteiger partial charge in [0.05, 0.1) is 5.25 Å². The quantitative estimate of drug-likeness (QED) is 0.508. The molecular weight excluding hydrogens is 394 g/mol. The molecule has 3 rings (SSSR count). The minimum atomic E-state index is -0.506. The molecular formula is C19H19N5O2S2. The van der Waals surface area contributed by atoms with Crippen LogP contribution in [0.1, 0.15) is 22.8 Å². The van der Waals surface area contributed by atoms with Crippen LogP contribution < -0.4 is 16.4 Å². The predicted octanol–water partition coefficient (Wildman–Crippen LogP) is 3.81. The monoisotopic (exact) mass is 413 g/mol. The fourth-order valence-electron chi connectivity index (χ4n) is 2.23. The molecule has 28 heavy (non-hydrogen) atoms. The van der Waals surface area contributed by atoms with Crippen LogP contribution in [0.3, 0.4) is 0 Å². The average Bonchev–Trinajstić information content (AvgIpc) is 3.10. The zero-order valence-electron chi connectivity index (χ0n) is 15.3. The molecule has 0 unspecified atom stereocenters. The van der Waals surface area contributed by atoms with Crippen LogP contribution in [0.25, 0.3) is 0 Å². The lowest BCUT2D eigenvalue weighted by molar-refractivity contribution is -0.115. The molecule has 2 amide bonds. The summed E-state index contributed by atoms with van der Waals surface area (Å²) in [5.41, 5.74) is 8.32. The van der Waals surface area contributed by atoms with Crippen molar-refractivity contribution in [1.82, 2.24) is 10.2 Å². The summed E-state index contributed by atoms with van der Waals surface area (Å²) in [7, 11) is 0. The number of aromatic nitrogens is 2. The van der Waals surface area contributed by atoms with Crippen LogP contribution >= 0.6 is 23.1 Å². The van der Waals surface area contributed by atoms with Crippen molar-refractivity contribution in [2.75, 3.05) is 10.6 Å². The number of hydrogen-bond acceptors (Lipinski definition) is 7. The van der Waals surface area contributed by atoms with Gasteiger partial charge in [0.1, 0.15) is 0 Å². The summed E-state index contributed by atoms with van der Waals surface area (Å²) in [5, 5.41) is 14.6. The highest BCUT2D eigenvalue weighted by molar-refractivity contribution is 8.02. The number of thioether (sulfide) groups is 1. The van der Waals surface area contributed by atoms with Crippen molar-refractivity contribution in [2.45, 2.75) is 23.4 Å². The Hall–Kier alpha value is -2.91. The van der Waals surface area contributed by atoms with Crippen molar-refractivity contribution in [3.05, 3.63) is 59.7 Å². The van der Waals surface area contributed by atoms with E-state index in [0.717, 1.165) is 5.69 Å². The predicted molar refractivity (Wildman–Crippen MR) is 113 cm³/mol. The van der Waals surface area contributed by atoms with Crippen LogP contribution in [-0.2, 0) is 4.79 Å². The van der Waals surface area contributed by atoms with Gasteiger partial charge < -0.3 is 16.4 Å². The first-order valence-corrected chi connectivity index (χ1v) is 10.1. The zero-order valence-corrected chi connectivity index (χ0v) is 16.9. The molecule has 0 bridgehead atoms. The maximum absolute atomic E-state index is 12.4. The molecule has 0 aliphatic heterocycles. The first kappa shape index (κ1) is 19.8. The summed E-state index contributed by atoms with van der Waals surface area (Å²) in [6.45, 7) is 3.83. The maximum Gasteiger partial charge on any atom is 0.248 e. The van der Waals surface area contributed by atoms with Crippen molar-refractivity contribution < 1.29 is 9.59 Å². The van der Waals surface area contributed by atoms with Gasteiger partial charge in [-0.3, -0.25) is 9.59 Å². The van der Waals surface area contributed by atoms with E-state index < -0.39 is 5.91 Å². The number of nitrogens with two attached hydrogens (primary N) is 1. The van der Waals surface area contributed by atoms with Gasteiger partial charge in [-0.05, 0) is 50.2 Å². The Bertz CT molecular complexity index is 971. The summed E-state index contributed by atoms with van der Waals surface area (Å²) in [6, 6.07) is 14.4. The number of primary amides is 1. The van der Waals surface area contributed by atoms with Crippen molar-refractivity contribution in [2.24, 2.45) is 5.73 Å². The van der Waals surface area contributed by atoms with Crippen molar-refractivity contribution in [3.63, 3.8) is 0 Å². The second kappa shape index (κ2) is 8.85. The molecule has 144 valence electrons. The van der Waals surface area contributed by atoms with Gasteiger partial charge >= 0.3 is 0 Å². The van der Waals surface area contributed by atoms with Gasteiger partial charge in [-0.1, -0.05) is 40.8 Å². The Morgan fingerprint density at radius 1 is 1.04 bits per heavy atom. The first-order valence-electron chi connectivity index (χ1n) is 8.45. The number of hydrogen-bond donors (Lipinski definition) is 3. The van der Waals surface area contributed by atoms with E-state index in [9.17, 15) is 9.59 Å². The maximum atomic E-state index is 12.4. The highest BCUT2D eigenvalue weighted by Gasteiger charge is 2.17. The Morgan fingerprint density at radius 2 is 1.68 bits per heavy atom. The molecule has 0 spiro atoms. The van der Waals surface area contributed by atoms with Gasteiger partial charge in [-0.15, -0.1) is 10.2 Å². The lowest BCUT2D eigenvalue weighted by Gasteiger charge is -2.10. The third-order valence-corrected chi connectivity index (χ3v) is 5.82. The normalized spacial score (nSPS) is 11.6. The van der Waals surface area contributed by atoms with Crippen molar-refractivity contribution in [3.8, 4) is 0 Å². The smallest absolute Gasteiger partial charge is 0.248 e.